The molecule has 0 spiro atoms. The smallest absolute Gasteiger partial charge is 0.294 e. The van der Waals surface area contributed by atoms with Gasteiger partial charge in [-0.15, -0.1) is 10.1 Å². The molecule has 0 atom stereocenters. The summed E-state index contributed by atoms with van der Waals surface area (Å²) in [6, 6.07) is 0. The maximum atomic E-state index is 9.45. The van der Waals surface area contributed by atoms with Gasteiger partial charge in [0.25, 0.3) is 5.09 Å². The monoisotopic (exact) mass is 137 g/mol. The lowest BCUT2D eigenvalue weighted by Gasteiger charge is -1.92. The van der Waals surface area contributed by atoms with Gasteiger partial charge < -0.3 is 4.84 Å². The zero-order valence-corrected chi connectivity index (χ0v) is 5.31. The van der Waals surface area contributed by atoms with Crippen LogP contribution in [0.15, 0.2) is 0 Å². The highest BCUT2D eigenvalue weighted by Gasteiger charge is 1.90. The Labute approximate surface area is 51.3 Å². The maximum Gasteiger partial charge on any atom is 0.294 e. The van der Waals surface area contributed by atoms with E-state index in [1.807, 2.05) is 6.26 Å². The molecule has 0 aromatic carbocycles. The van der Waals surface area contributed by atoms with E-state index in [9.17, 15) is 10.1 Å². The topological polar surface area (TPSA) is 52.4 Å². The molecule has 0 unspecified atom stereocenters. The molecule has 0 heterocycles. The summed E-state index contributed by atoms with van der Waals surface area (Å²) in [5.41, 5.74) is 0. The minimum Gasteiger partial charge on any atom is -0.313 e. The zero-order chi connectivity index (χ0) is 6.41. The van der Waals surface area contributed by atoms with E-state index in [-0.39, 0.29) is 6.61 Å². The Balaban J connectivity index is 2.82. The number of hydrogen-bond donors (Lipinski definition) is 0. The number of hydrogen-bond acceptors (Lipinski definition) is 4. The van der Waals surface area contributed by atoms with Gasteiger partial charge in [0, 0.05) is 5.75 Å². The molecule has 0 rings (SSSR count). The molecule has 48 valence electrons. The van der Waals surface area contributed by atoms with Crippen molar-refractivity contribution >= 4 is 11.8 Å². The van der Waals surface area contributed by atoms with Crippen LogP contribution >= 0.6 is 11.8 Å². The van der Waals surface area contributed by atoms with Crippen LogP contribution in [0, 0.1) is 10.1 Å². The minimum atomic E-state index is -0.782. The van der Waals surface area contributed by atoms with Crippen LogP contribution in [0.1, 0.15) is 0 Å². The van der Waals surface area contributed by atoms with Crippen LogP contribution in [0.4, 0.5) is 0 Å². The van der Waals surface area contributed by atoms with Crippen LogP contribution in [-0.2, 0) is 4.84 Å². The van der Waals surface area contributed by atoms with Crippen LogP contribution in [0.2, 0.25) is 0 Å². The first kappa shape index (κ1) is 7.55. The fourth-order valence-corrected chi connectivity index (χ4v) is 0.436. The molecule has 0 saturated heterocycles. The third kappa shape index (κ3) is 5.55. The Morgan fingerprint density at radius 1 is 1.88 bits per heavy atom. The normalized spacial score (nSPS) is 8.62. The van der Waals surface area contributed by atoms with Crippen molar-refractivity contribution in [2.24, 2.45) is 0 Å². The van der Waals surface area contributed by atoms with Crippen molar-refractivity contribution in [2.75, 3.05) is 18.6 Å². The number of nitrogens with zero attached hydrogens (tertiary/aromatic N) is 1. The van der Waals surface area contributed by atoms with E-state index in [0.717, 1.165) is 0 Å². The molecule has 0 N–H and O–H groups in total. The molecule has 0 aliphatic heterocycles. The van der Waals surface area contributed by atoms with Crippen molar-refractivity contribution in [3.05, 3.63) is 10.1 Å². The van der Waals surface area contributed by atoms with Crippen LogP contribution in [0.5, 0.6) is 0 Å². The molecular weight excluding hydrogens is 130 g/mol. The van der Waals surface area contributed by atoms with E-state index in [2.05, 4.69) is 4.84 Å². The van der Waals surface area contributed by atoms with Gasteiger partial charge in [-0.05, 0) is 6.26 Å². The standard InChI is InChI=1S/C3H7NO3S/c1-8-3-2-7-4(5)6/h2-3H2,1H3. The second-order valence-corrected chi connectivity index (χ2v) is 2.04. The van der Waals surface area contributed by atoms with Gasteiger partial charge in [0.1, 0.15) is 6.61 Å². The average Bonchev–Trinajstić information content (AvgIpc) is 1.66. The van der Waals surface area contributed by atoms with Gasteiger partial charge in [-0.25, -0.2) is 0 Å². The van der Waals surface area contributed by atoms with Gasteiger partial charge in [0.05, 0.1) is 0 Å². The largest absolute Gasteiger partial charge is 0.313 e. The van der Waals surface area contributed by atoms with Gasteiger partial charge in [-0.3, -0.25) is 0 Å². The molecule has 0 radical (unpaired) electrons. The molecule has 5 heteroatoms. The summed E-state index contributed by atoms with van der Waals surface area (Å²) in [7, 11) is 0. The molecule has 0 aromatic rings. The summed E-state index contributed by atoms with van der Waals surface area (Å²) in [6.07, 6.45) is 1.86. The van der Waals surface area contributed by atoms with Gasteiger partial charge in [-0.2, -0.15) is 11.8 Å². The fraction of sp³-hybridized carbons (Fsp3) is 1.00. The minimum absolute atomic E-state index is 0.189. The second kappa shape index (κ2) is 4.70. The van der Waals surface area contributed by atoms with Crippen molar-refractivity contribution < 1.29 is 9.92 Å². The molecule has 8 heavy (non-hydrogen) atoms. The van der Waals surface area contributed by atoms with E-state index in [1.54, 1.807) is 0 Å². The van der Waals surface area contributed by atoms with Crippen LogP contribution in [0.25, 0.3) is 0 Å². The molecule has 0 bridgehead atoms. The summed E-state index contributed by atoms with van der Waals surface area (Å²) < 4.78 is 0. The molecule has 4 nitrogen and oxygen atoms in total. The Bertz CT molecular complexity index is 76.9. The average molecular weight is 137 g/mol. The highest BCUT2D eigenvalue weighted by Crippen LogP contribution is 1.89. The lowest BCUT2D eigenvalue weighted by Crippen LogP contribution is -2.03. The molecule has 0 saturated carbocycles. The van der Waals surface area contributed by atoms with E-state index >= 15 is 0 Å². The highest BCUT2D eigenvalue weighted by atomic mass is 32.2. The van der Waals surface area contributed by atoms with Gasteiger partial charge in [-0.1, -0.05) is 0 Å². The third-order valence-corrected chi connectivity index (χ3v) is 1.06. The van der Waals surface area contributed by atoms with Crippen molar-refractivity contribution in [3.8, 4) is 0 Å². The molecule has 0 fully saturated rings. The Kier molecular flexibility index (Phi) is 4.44. The van der Waals surface area contributed by atoms with E-state index in [4.69, 9.17) is 0 Å². The molecule has 0 aliphatic rings. The molecule has 0 amide bonds. The Morgan fingerprint density at radius 2 is 2.50 bits per heavy atom. The first-order valence-electron chi connectivity index (χ1n) is 2.03. The Hall–Kier alpha value is -0.450. The third-order valence-electron chi connectivity index (χ3n) is 0.484. The van der Waals surface area contributed by atoms with Crippen molar-refractivity contribution in [2.45, 2.75) is 0 Å². The summed E-state index contributed by atoms with van der Waals surface area (Å²) in [6.45, 7) is 0.189. The number of thioether (sulfide) groups is 1. The lowest BCUT2D eigenvalue weighted by atomic mass is 10.9. The summed E-state index contributed by atoms with van der Waals surface area (Å²) >= 11 is 1.51. The maximum absolute atomic E-state index is 9.45. The lowest BCUT2D eigenvalue weighted by molar-refractivity contribution is -0.756. The predicted molar refractivity (Wildman–Crippen MR) is 31.3 cm³/mol. The summed E-state index contributed by atoms with van der Waals surface area (Å²) in [5.74, 6) is 0.668. The van der Waals surface area contributed by atoms with Gasteiger partial charge in [0.2, 0.25) is 0 Å². The SMILES string of the molecule is CSCCO[N+](=O)[O-]. The molecule has 0 aromatic heterocycles. The van der Waals surface area contributed by atoms with Crippen LogP contribution < -0.4 is 0 Å². The zero-order valence-electron chi connectivity index (χ0n) is 4.49. The van der Waals surface area contributed by atoms with E-state index < -0.39 is 5.09 Å². The van der Waals surface area contributed by atoms with Gasteiger partial charge >= 0.3 is 0 Å². The predicted octanol–water partition coefficient (Wildman–Crippen LogP) is 0.558. The van der Waals surface area contributed by atoms with Gasteiger partial charge in [0.15, 0.2) is 0 Å². The van der Waals surface area contributed by atoms with Crippen molar-refractivity contribution in [1.29, 1.82) is 0 Å². The summed E-state index contributed by atoms with van der Waals surface area (Å²) in [5, 5.41) is 8.67. The first-order valence-corrected chi connectivity index (χ1v) is 3.43. The quantitative estimate of drug-likeness (QED) is 0.322. The first-order chi connectivity index (χ1) is 3.77. The van der Waals surface area contributed by atoms with Crippen molar-refractivity contribution in [1.82, 2.24) is 0 Å². The van der Waals surface area contributed by atoms with E-state index in [0.29, 0.717) is 5.75 Å². The van der Waals surface area contributed by atoms with Crippen LogP contribution in [0.3, 0.4) is 0 Å². The summed E-state index contributed by atoms with van der Waals surface area (Å²) in [4.78, 5) is 13.4. The molecule has 0 aliphatic carbocycles. The fourth-order valence-electron chi connectivity index (χ4n) is 0.195. The number of rotatable bonds is 4. The second-order valence-electron chi connectivity index (χ2n) is 1.05. The molecular formula is C3H7NO3S. The van der Waals surface area contributed by atoms with Crippen LogP contribution in [-0.4, -0.2) is 23.7 Å². The Morgan fingerprint density at radius 3 is 2.88 bits per heavy atom. The highest BCUT2D eigenvalue weighted by molar-refractivity contribution is 7.98. The van der Waals surface area contributed by atoms with E-state index in [1.165, 1.54) is 11.8 Å². The van der Waals surface area contributed by atoms with Crippen molar-refractivity contribution in [3.63, 3.8) is 0 Å².